The van der Waals surface area contributed by atoms with Crippen LogP contribution in [0.25, 0.3) is 0 Å². The maximum atomic E-state index is 6.18. The first kappa shape index (κ1) is 12.9. The number of hydrogen-bond donors (Lipinski definition) is 1. The van der Waals surface area contributed by atoms with E-state index in [9.17, 15) is 0 Å². The lowest BCUT2D eigenvalue weighted by Crippen LogP contribution is -2.38. The minimum atomic E-state index is 0.264. The Kier molecular flexibility index (Phi) is 4.45. The predicted molar refractivity (Wildman–Crippen MR) is 68.9 cm³/mol. The summed E-state index contributed by atoms with van der Waals surface area (Å²) < 4.78 is 5.41. The van der Waals surface area contributed by atoms with E-state index >= 15 is 0 Å². The van der Waals surface area contributed by atoms with Crippen molar-refractivity contribution in [1.82, 2.24) is 10.2 Å². The van der Waals surface area contributed by atoms with E-state index in [1.54, 1.807) is 11.8 Å². The molecule has 1 aromatic rings. The van der Waals surface area contributed by atoms with Gasteiger partial charge in [0, 0.05) is 18.2 Å². The molecule has 1 aromatic heterocycles. The average molecular weight is 255 g/mol. The van der Waals surface area contributed by atoms with Crippen molar-refractivity contribution >= 4 is 11.8 Å². The number of aryl methyl sites for hydroxylation is 1. The van der Waals surface area contributed by atoms with Gasteiger partial charge in [-0.2, -0.15) is 0 Å². The second kappa shape index (κ2) is 5.87. The van der Waals surface area contributed by atoms with E-state index in [0.717, 1.165) is 12.3 Å². The van der Waals surface area contributed by atoms with Gasteiger partial charge >= 0.3 is 0 Å². The average Bonchev–Trinajstić information content (AvgIpc) is 2.69. The van der Waals surface area contributed by atoms with Crippen molar-refractivity contribution in [3.05, 3.63) is 5.89 Å². The number of aromatic nitrogens is 2. The van der Waals surface area contributed by atoms with Crippen LogP contribution >= 0.6 is 11.8 Å². The van der Waals surface area contributed by atoms with Gasteiger partial charge in [-0.1, -0.05) is 31.5 Å². The highest BCUT2D eigenvalue weighted by atomic mass is 32.2. The Labute approximate surface area is 107 Å². The smallest absolute Gasteiger partial charge is 0.276 e. The molecule has 1 heterocycles. The Morgan fingerprint density at radius 2 is 2.24 bits per heavy atom. The van der Waals surface area contributed by atoms with Crippen LogP contribution in [0, 0.1) is 12.8 Å². The summed E-state index contributed by atoms with van der Waals surface area (Å²) in [5, 5.41) is 8.99. The molecular formula is C12H21N3OS. The molecule has 96 valence electrons. The van der Waals surface area contributed by atoms with Gasteiger partial charge in [-0.3, -0.25) is 0 Å². The molecule has 0 aromatic carbocycles. The molecule has 1 aliphatic rings. The minimum absolute atomic E-state index is 0.264. The van der Waals surface area contributed by atoms with E-state index in [2.05, 4.69) is 17.1 Å². The molecule has 2 rings (SSSR count). The third-order valence-corrected chi connectivity index (χ3v) is 4.62. The maximum absolute atomic E-state index is 6.18. The molecule has 0 radical (unpaired) electrons. The lowest BCUT2D eigenvalue weighted by Gasteiger charge is -2.32. The summed E-state index contributed by atoms with van der Waals surface area (Å²) in [7, 11) is 0. The molecule has 0 saturated heterocycles. The molecule has 2 N–H and O–H groups in total. The number of hydrogen-bond acceptors (Lipinski definition) is 5. The van der Waals surface area contributed by atoms with Gasteiger partial charge in [0.15, 0.2) is 0 Å². The monoisotopic (exact) mass is 255 g/mol. The first-order chi connectivity index (χ1) is 8.19. The Morgan fingerprint density at radius 3 is 2.88 bits per heavy atom. The van der Waals surface area contributed by atoms with Crippen LogP contribution in [0.2, 0.25) is 0 Å². The van der Waals surface area contributed by atoms with E-state index in [4.69, 9.17) is 10.2 Å². The topological polar surface area (TPSA) is 64.9 Å². The summed E-state index contributed by atoms with van der Waals surface area (Å²) in [6, 6.07) is 0.264. The molecule has 0 aliphatic heterocycles. The Hall–Kier alpha value is -0.550. The highest BCUT2D eigenvalue weighted by Crippen LogP contribution is 2.36. The molecule has 5 heteroatoms. The molecule has 4 nitrogen and oxygen atoms in total. The van der Waals surface area contributed by atoms with Gasteiger partial charge in [-0.05, 0) is 25.2 Å². The van der Waals surface area contributed by atoms with Gasteiger partial charge in [0.2, 0.25) is 5.89 Å². The molecule has 1 fully saturated rings. The van der Waals surface area contributed by atoms with Crippen LogP contribution in [0.4, 0.5) is 0 Å². The minimum Gasteiger partial charge on any atom is -0.416 e. The van der Waals surface area contributed by atoms with Crippen molar-refractivity contribution in [1.29, 1.82) is 0 Å². The quantitative estimate of drug-likeness (QED) is 0.896. The van der Waals surface area contributed by atoms with Crippen LogP contribution in [0.1, 0.15) is 44.9 Å². The SMILES string of the molecule is CCCC1CCC(N)C(Sc2nnc(C)o2)C1. The fourth-order valence-corrected chi connectivity index (χ4v) is 3.69. The van der Waals surface area contributed by atoms with Crippen molar-refractivity contribution in [3.63, 3.8) is 0 Å². The molecule has 0 amide bonds. The second-order valence-corrected chi connectivity index (χ2v) is 6.07. The van der Waals surface area contributed by atoms with E-state index in [1.165, 1.54) is 25.7 Å². The molecule has 1 aliphatic carbocycles. The molecule has 0 bridgehead atoms. The zero-order valence-electron chi connectivity index (χ0n) is 10.6. The van der Waals surface area contributed by atoms with Crippen LogP contribution < -0.4 is 5.73 Å². The highest BCUT2D eigenvalue weighted by Gasteiger charge is 2.29. The Balaban J connectivity index is 1.93. The number of rotatable bonds is 4. The van der Waals surface area contributed by atoms with Crippen molar-refractivity contribution in [2.45, 2.75) is 62.5 Å². The van der Waals surface area contributed by atoms with Gasteiger partial charge in [-0.15, -0.1) is 10.2 Å². The van der Waals surface area contributed by atoms with Gasteiger partial charge in [0.25, 0.3) is 5.22 Å². The van der Waals surface area contributed by atoms with Crippen LogP contribution in [0.15, 0.2) is 9.64 Å². The predicted octanol–water partition coefficient (Wildman–Crippen LogP) is 2.77. The molecule has 1 saturated carbocycles. The van der Waals surface area contributed by atoms with Gasteiger partial charge in [0.05, 0.1) is 0 Å². The number of nitrogens with zero attached hydrogens (tertiary/aromatic N) is 2. The molecule has 3 unspecified atom stereocenters. The van der Waals surface area contributed by atoms with Gasteiger partial charge in [-0.25, -0.2) is 0 Å². The number of thioether (sulfide) groups is 1. The standard InChI is InChI=1S/C12H21N3OS/c1-3-4-9-5-6-10(13)11(7-9)17-12-15-14-8(2)16-12/h9-11H,3-7,13H2,1-2H3. The molecular weight excluding hydrogens is 234 g/mol. The second-order valence-electron chi connectivity index (χ2n) is 4.87. The van der Waals surface area contributed by atoms with Crippen LogP contribution in [0.5, 0.6) is 0 Å². The van der Waals surface area contributed by atoms with Crippen molar-refractivity contribution in [3.8, 4) is 0 Å². The van der Waals surface area contributed by atoms with E-state index < -0.39 is 0 Å². The normalized spacial score (nSPS) is 29.5. The van der Waals surface area contributed by atoms with E-state index in [-0.39, 0.29) is 6.04 Å². The first-order valence-corrected chi connectivity index (χ1v) is 7.29. The Bertz CT molecular complexity index is 355. The number of nitrogens with two attached hydrogens (primary N) is 1. The zero-order valence-corrected chi connectivity index (χ0v) is 11.4. The van der Waals surface area contributed by atoms with Crippen LogP contribution in [-0.2, 0) is 0 Å². The summed E-state index contributed by atoms with van der Waals surface area (Å²) in [5.41, 5.74) is 6.18. The lowest BCUT2D eigenvalue weighted by atomic mass is 9.83. The third kappa shape index (κ3) is 3.45. The maximum Gasteiger partial charge on any atom is 0.276 e. The van der Waals surface area contributed by atoms with Crippen molar-refractivity contribution in [2.24, 2.45) is 11.7 Å². The van der Waals surface area contributed by atoms with Crippen molar-refractivity contribution < 1.29 is 4.42 Å². The van der Waals surface area contributed by atoms with Gasteiger partial charge < -0.3 is 10.2 Å². The van der Waals surface area contributed by atoms with Crippen molar-refractivity contribution in [2.75, 3.05) is 0 Å². The summed E-state index contributed by atoms with van der Waals surface area (Å²) in [6.45, 7) is 4.07. The van der Waals surface area contributed by atoms with E-state index in [0.29, 0.717) is 16.4 Å². The summed E-state index contributed by atoms with van der Waals surface area (Å²) in [6.07, 6.45) is 6.15. The summed E-state index contributed by atoms with van der Waals surface area (Å²) in [4.78, 5) is 0. The zero-order chi connectivity index (χ0) is 12.3. The first-order valence-electron chi connectivity index (χ1n) is 6.41. The highest BCUT2D eigenvalue weighted by molar-refractivity contribution is 7.99. The molecule has 17 heavy (non-hydrogen) atoms. The fourth-order valence-electron chi connectivity index (χ4n) is 2.50. The largest absolute Gasteiger partial charge is 0.416 e. The van der Waals surface area contributed by atoms with E-state index in [1.807, 2.05) is 6.92 Å². The Morgan fingerprint density at radius 1 is 1.41 bits per heavy atom. The van der Waals surface area contributed by atoms with Crippen LogP contribution in [-0.4, -0.2) is 21.5 Å². The third-order valence-electron chi connectivity index (χ3n) is 3.41. The summed E-state index contributed by atoms with van der Waals surface area (Å²) >= 11 is 1.66. The fraction of sp³-hybridized carbons (Fsp3) is 0.833. The van der Waals surface area contributed by atoms with Gasteiger partial charge in [0.1, 0.15) is 0 Å². The lowest BCUT2D eigenvalue weighted by molar-refractivity contribution is 0.315. The molecule has 3 atom stereocenters. The van der Waals surface area contributed by atoms with Crippen LogP contribution in [0.3, 0.4) is 0 Å². The summed E-state index contributed by atoms with van der Waals surface area (Å²) in [5.74, 6) is 1.45. The molecule has 0 spiro atoms.